The van der Waals surface area contributed by atoms with Crippen LogP contribution in [0.5, 0.6) is 0 Å². The number of hydrogen-bond acceptors (Lipinski definition) is 4. The van der Waals surface area contributed by atoms with Crippen LogP contribution in [0.3, 0.4) is 0 Å². The lowest BCUT2D eigenvalue weighted by atomic mass is 9.74. The molecule has 0 radical (unpaired) electrons. The molecule has 4 rings (SSSR count). The van der Waals surface area contributed by atoms with Crippen LogP contribution >= 0.6 is 23.2 Å². The maximum atomic E-state index is 14.0. The van der Waals surface area contributed by atoms with Crippen LogP contribution in [-0.4, -0.2) is 56.7 Å². The van der Waals surface area contributed by atoms with E-state index in [9.17, 15) is 45.8 Å². The molecule has 1 amide bonds. The predicted molar refractivity (Wildman–Crippen MR) is 135 cm³/mol. The first-order valence-corrected chi connectivity index (χ1v) is 13.4. The summed E-state index contributed by atoms with van der Waals surface area (Å²) in [4.78, 5) is 38.7. The number of Topliss-reactive ketones (excluding diaryl/α,β-unsaturated/α-hetero) is 1. The third-order valence-electron chi connectivity index (χ3n) is 7.99. The molecule has 1 aromatic heterocycles. The van der Waals surface area contributed by atoms with Gasteiger partial charge in [-0.25, -0.2) is 0 Å². The Labute approximate surface area is 240 Å². The van der Waals surface area contributed by atoms with Crippen LogP contribution < -0.4 is 0 Å². The zero-order valence-electron chi connectivity index (χ0n) is 21.6. The lowest BCUT2D eigenvalue weighted by Crippen LogP contribution is -2.44. The summed E-state index contributed by atoms with van der Waals surface area (Å²) in [7, 11) is 0. The second-order valence-electron chi connectivity index (χ2n) is 10.9. The monoisotopic (exact) mass is 627 g/mol. The van der Waals surface area contributed by atoms with Gasteiger partial charge in [0.1, 0.15) is 0 Å². The highest BCUT2D eigenvalue weighted by Gasteiger charge is 2.64. The first-order chi connectivity index (χ1) is 18.9. The Morgan fingerprint density at radius 1 is 1.05 bits per heavy atom. The molecule has 7 nitrogen and oxygen atoms in total. The van der Waals surface area contributed by atoms with E-state index in [1.165, 1.54) is 25.1 Å². The zero-order chi connectivity index (χ0) is 30.5. The van der Waals surface area contributed by atoms with Crippen molar-refractivity contribution in [2.75, 3.05) is 13.1 Å². The Balaban J connectivity index is 1.70. The summed E-state index contributed by atoms with van der Waals surface area (Å²) in [6.07, 6.45) is -9.24. The second-order valence-corrected chi connectivity index (χ2v) is 11.7. The molecule has 1 N–H and O–H groups in total. The number of halogens is 8. The molecule has 15 heteroatoms. The minimum absolute atomic E-state index is 0.138. The normalized spacial score (nSPS) is 22.3. The predicted octanol–water partition coefficient (Wildman–Crippen LogP) is 7.08. The molecule has 2 fully saturated rings. The van der Waals surface area contributed by atoms with E-state index in [1.807, 2.05) is 0 Å². The number of carboxylic acid groups (broad SMARTS) is 1. The van der Waals surface area contributed by atoms with Crippen LogP contribution in [0.4, 0.5) is 26.3 Å². The summed E-state index contributed by atoms with van der Waals surface area (Å²) < 4.78 is 84.6. The van der Waals surface area contributed by atoms with E-state index in [-0.39, 0.29) is 54.1 Å². The maximum absolute atomic E-state index is 14.0. The van der Waals surface area contributed by atoms with Gasteiger partial charge >= 0.3 is 18.3 Å². The average Bonchev–Trinajstić information content (AvgIpc) is 3.51. The van der Waals surface area contributed by atoms with Crippen LogP contribution in [0.1, 0.15) is 77.9 Å². The van der Waals surface area contributed by atoms with Gasteiger partial charge < -0.3 is 10.0 Å². The van der Waals surface area contributed by atoms with Crippen LogP contribution in [0.2, 0.25) is 10.0 Å². The Hall–Kier alpha value is -2.80. The van der Waals surface area contributed by atoms with E-state index < -0.39 is 71.2 Å². The third kappa shape index (κ3) is 6.20. The highest BCUT2D eigenvalue weighted by Crippen LogP contribution is 2.58. The largest absolute Gasteiger partial charge is 0.481 e. The summed E-state index contributed by atoms with van der Waals surface area (Å²) in [6, 6.07) is 3.35. The number of rotatable bonds is 8. The lowest BCUT2D eigenvalue weighted by molar-refractivity contribution is -0.189. The Bertz CT molecular complexity index is 1340. The number of benzene rings is 1. The van der Waals surface area contributed by atoms with Crippen molar-refractivity contribution < 1.29 is 45.8 Å². The van der Waals surface area contributed by atoms with Gasteiger partial charge in [0.05, 0.1) is 44.6 Å². The molecule has 224 valence electrons. The van der Waals surface area contributed by atoms with Gasteiger partial charge in [0.2, 0.25) is 0 Å². The topological polar surface area (TPSA) is 92.5 Å². The molecule has 2 saturated carbocycles. The van der Waals surface area contributed by atoms with Crippen LogP contribution in [0, 0.1) is 10.8 Å². The molecule has 0 saturated heterocycles. The fourth-order valence-electron chi connectivity index (χ4n) is 5.10. The maximum Gasteiger partial charge on any atom is 0.435 e. The van der Waals surface area contributed by atoms with E-state index >= 15 is 0 Å². The average molecular weight is 628 g/mol. The molecule has 2 aromatic rings. The Morgan fingerprint density at radius 3 is 2.07 bits per heavy atom. The number of aromatic nitrogens is 2. The molecule has 0 aliphatic heterocycles. The number of carbonyl (C=O) groups excluding carboxylic acids is 2. The molecular weight excluding hydrogens is 603 g/mol. The van der Waals surface area contributed by atoms with E-state index in [2.05, 4.69) is 5.10 Å². The summed E-state index contributed by atoms with van der Waals surface area (Å²) in [5.41, 5.74) is -6.34. The van der Waals surface area contributed by atoms with E-state index in [1.54, 1.807) is 0 Å². The number of amides is 1. The second kappa shape index (κ2) is 10.8. The number of alkyl halides is 6. The first-order valence-electron chi connectivity index (χ1n) is 12.6. The quantitative estimate of drug-likeness (QED) is 0.249. The summed E-state index contributed by atoms with van der Waals surface area (Å²) in [6.45, 7) is -0.533. The van der Waals surface area contributed by atoms with E-state index in [4.69, 9.17) is 23.2 Å². The number of hydrogen-bond donors (Lipinski definition) is 1. The zero-order valence-corrected chi connectivity index (χ0v) is 23.1. The minimum atomic E-state index is -5.15. The van der Waals surface area contributed by atoms with Gasteiger partial charge in [0.15, 0.2) is 11.5 Å². The molecule has 2 aliphatic carbocycles. The fourth-order valence-corrected chi connectivity index (χ4v) is 5.70. The molecule has 1 aromatic carbocycles. The number of carbonyl (C=O) groups is 3. The number of ketones is 1. The van der Waals surface area contributed by atoms with Crippen molar-refractivity contribution in [3.63, 3.8) is 0 Å². The first kappa shape index (κ1) is 31.1. The van der Waals surface area contributed by atoms with Crippen LogP contribution in [0.15, 0.2) is 24.4 Å². The van der Waals surface area contributed by atoms with Gasteiger partial charge in [-0.2, -0.15) is 31.4 Å². The molecule has 0 atom stereocenters. The van der Waals surface area contributed by atoms with Gasteiger partial charge in [0.25, 0.3) is 5.91 Å². The highest BCUT2D eigenvalue weighted by molar-refractivity contribution is 6.40. The van der Waals surface area contributed by atoms with Crippen molar-refractivity contribution in [1.82, 2.24) is 14.7 Å². The highest BCUT2D eigenvalue weighted by atomic mass is 35.5. The van der Waals surface area contributed by atoms with Gasteiger partial charge in [0, 0.05) is 12.7 Å². The molecular formula is C26H25Cl2F6N3O4. The Morgan fingerprint density at radius 2 is 1.61 bits per heavy atom. The minimum Gasteiger partial charge on any atom is -0.481 e. The van der Waals surface area contributed by atoms with E-state index in [0.717, 1.165) is 10.9 Å². The lowest BCUT2D eigenvalue weighted by Gasteiger charge is -2.33. The standard InChI is InChI=1S/C26H25Cl2F6N3O4/c1-23(22(40)41)7-5-14(6-8-23)37-11-15(20(35-37)25(29,30)31)21(39)36(13-24(9-10-24)26(32,33)34)12-18(38)19-16(27)3-2-4-17(19)28/h2-4,11,14H,5-10,12-13H2,1H3,(H,40,41). The van der Waals surface area contributed by atoms with Crippen molar-refractivity contribution >= 4 is 40.9 Å². The van der Waals surface area contributed by atoms with Gasteiger partial charge in [-0.3, -0.25) is 19.1 Å². The third-order valence-corrected chi connectivity index (χ3v) is 8.62. The SMILES string of the molecule is CC1(C(=O)O)CCC(n2cc(C(=O)N(CC(=O)c3c(Cl)cccc3Cl)CC3(C(F)(F)F)CC3)c(C(F)(F)F)n2)CC1. The number of aliphatic carboxylic acids is 1. The number of carboxylic acids is 1. The molecule has 1 heterocycles. The van der Waals surface area contributed by atoms with Crippen molar-refractivity contribution in [2.45, 2.75) is 63.8 Å². The molecule has 0 bridgehead atoms. The molecule has 0 spiro atoms. The van der Waals surface area contributed by atoms with Gasteiger partial charge in [-0.05, 0) is 57.6 Å². The van der Waals surface area contributed by atoms with Gasteiger partial charge in [-0.1, -0.05) is 29.3 Å². The molecule has 41 heavy (non-hydrogen) atoms. The number of nitrogens with zero attached hydrogens (tertiary/aromatic N) is 3. The molecule has 0 unspecified atom stereocenters. The molecule has 2 aliphatic rings. The Kier molecular flexibility index (Phi) is 8.20. The van der Waals surface area contributed by atoms with Crippen molar-refractivity contribution in [1.29, 1.82) is 0 Å². The van der Waals surface area contributed by atoms with Crippen LogP contribution in [-0.2, 0) is 11.0 Å². The van der Waals surface area contributed by atoms with Crippen LogP contribution in [0.25, 0.3) is 0 Å². The summed E-state index contributed by atoms with van der Waals surface area (Å²) in [5, 5.41) is 12.7. The summed E-state index contributed by atoms with van der Waals surface area (Å²) in [5.74, 6) is -3.45. The van der Waals surface area contributed by atoms with Gasteiger partial charge in [-0.15, -0.1) is 0 Å². The summed E-state index contributed by atoms with van der Waals surface area (Å²) >= 11 is 12.1. The fraction of sp³-hybridized carbons (Fsp3) is 0.538. The van der Waals surface area contributed by atoms with Crippen molar-refractivity contribution in [3.8, 4) is 0 Å². The smallest absolute Gasteiger partial charge is 0.435 e. The van der Waals surface area contributed by atoms with Crippen molar-refractivity contribution in [2.24, 2.45) is 10.8 Å². The van der Waals surface area contributed by atoms with Crippen molar-refractivity contribution in [3.05, 3.63) is 51.3 Å². The van der Waals surface area contributed by atoms with E-state index in [0.29, 0.717) is 4.90 Å².